The quantitative estimate of drug-likeness (QED) is 0.657. The van der Waals surface area contributed by atoms with Crippen molar-refractivity contribution in [1.82, 2.24) is 0 Å². The number of aromatic hydroxyl groups is 1. The van der Waals surface area contributed by atoms with E-state index in [-0.39, 0.29) is 16.6 Å². The van der Waals surface area contributed by atoms with Gasteiger partial charge in [-0.1, -0.05) is 58.0 Å². The molecule has 1 aliphatic rings. The van der Waals surface area contributed by atoms with Crippen molar-refractivity contribution in [3.05, 3.63) is 58.7 Å². The van der Waals surface area contributed by atoms with E-state index >= 15 is 0 Å². The van der Waals surface area contributed by atoms with Crippen LogP contribution in [0.1, 0.15) is 69.7 Å². The molecule has 2 heteroatoms. The number of methoxy groups -OCH3 is 1. The molecule has 0 radical (unpaired) electrons. The number of rotatable bonds is 3. The van der Waals surface area contributed by atoms with Gasteiger partial charge in [0.05, 0.1) is 7.11 Å². The minimum absolute atomic E-state index is 0.169. The molecule has 0 atom stereocenters. The molecule has 0 unspecified atom stereocenters. The molecule has 2 aromatic carbocycles. The van der Waals surface area contributed by atoms with Crippen LogP contribution >= 0.6 is 0 Å². The van der Waals surface area contributed by atoms with E-state index in [1.54, 1.807) is 19.2 Å². The Morgan fingerprint density at radius 1 is 0.962 bits per heavy atom. The fraction of sp³-hybridized carbons (Fsp3) is 0.417. The van der Waals surface area contributed by atoms with Crippen LogP contribution in [0.2, 0.25) is 0 Å². The van der Waals surface area contributed by atoms with Crippen LogP contribution < -0.4 is 4.74 Å². The van der Waals surface area contributed by atoms with Crippen molar-refractivity contribution in [2.75, 3.05) is 7.11 Å². The first-order valence-corrected chi connectivity index (χ1v) is 9.35. The number of phenols is 1. The van der Waals surface area contributed by atoms with E-state index in [2.05, 4.69) is 58.9 Å². The van der Waals surface area contributed by atoms with Crippen LogP contribution in [0.15, 0.2) is 36.4 Å². The number of allylic oxidation sites excluding steroid dienone is 1. The molecule has 2 aromatic rings. The third-order valence-corrected chi connectivity index (χ3v) is 5.89. The van der Waals surface area contributed by atoms with Crippen LogP contribution in [0.25, 0.3) is 11.6 Å². The molecule has 0 spiro atoms. The molecular formula is C24H30O2. The van der Waals surface area contributed by atoms with Gasteiger partial charge in [-0.25, -0.2) is 0 Å². The molecule has 0 aromatic heterocycles. The lowest BCUT2D eigenvalue weighted by molar-refractivity contribution is 0.332. The highest BCUT2D eigenvalue weighted by Gasteiger charge is 2.36. The number of phenolic OH excluding ortho intramolecular Hbond substituents is 1. The lowest BCUT2D eigenvalue weighted by atomic mass is 9.63. The highest BCUT2D eigenvalue weighted by atomic mass is 16.5. The van der Waals surface area contributed by atoms with E-state index in [4.69, 9.17) is 4.74 Å². The average molecular weight is 351 g/mol. The Hall–Kier alpha value is -2.22. The van der Waals surface area contributed by atoms with Gasteiger partial charge in [-0.3, -0.25) is 0 Å². The summed E-state index contributed by atoms with van der Waals surface area (Å²) in [5.74, 6) is 0.667. The van der Waals surface area contributed by atoms with Crippen LogP contribution in [-0.4, -0.2) is 12.2 Å². The Balaban J connectivity index is 2.01. The van der Waals surface area contributed by atoms with Gasteiger partial charge in [0, 0.05) is 0 Å². The van der Waals surface area contributed by atoms with Crippen molar-refractivity contribution in [2.24, 2.45) is 0 Å². The Bertz CT molecular complexity index is 857. The second-order valence-electron chi connectivity index (χ2n) is 8.79. The van der Waals surface area contributed by atoms with Gasteiger partial charge in [0.25, 0.3) is 0 Å². The SMILES string of the molecule is COc1ccc(C=C(C)c2ccc3c(c2)C(C)(C)CCC3(C)C)cc1O. The Morgan fingerprint density at radius 2 is 1.62 bits per heavy atom. The predicted molar refractivity (Wildman–Crippen MR) is 110 cm³/mol. The van der Waals surface area contributed by atoms with Gasteiger partial charge in [0.15, 0.2) is 11.5 Å². The molecule has 3 rings (SSSR count). The largest absolute Gasteiger partial charge is 0.504 e. The van der Waals surface area contributed by atoms with Gasteiger partial charge in [-0.15, -0.1) is 0 Å². The maximum atomic E-state index is 10.0. The molecule has 0 fully saturated rings. The summed E-state index contributed by atoms with van der Waals surface area (Å²) in [6, 6.07) is 12.4. The van der Waals surface area contributed by atoms with Crippen LogP contribution in [0, 0.1) is 0 Å². The second-order valence-corrected chi connectivity index (χ2v) is 8.79. The van der Waals surface area contributed by atoms with E-state index < -0.39 is 0 Å². The number of hydrogen-bond acceptors (Lipinski definition) is 2. The lowest BCUT2D eigenvalue weighted by Crippen LogP contribution is -2.33. The van der Waals surface area contributed by atoms with Crippen LogP contribution in [0.4, 0.5) is 0 Å². The molecule has 0 bridgehead atoms. The van der Waals surface area contributed by atoms with Crippen molar-refractivity contribution < 1.29 is 9.84 Å². The summed E-state index contributed by atoms with van der Waals surface area (Å²) >= 11 is 0. The van der Waals surface area contributed by atoms with E-state index in [1.807, 2.05) is 6.07 Å². The van der Waals surface area contributed by atoms with Gasteiger partial charge in [0.2, 0.25) is 0 Å². The van der Waals surface area contributed by atoms with Crippen molar-refractivity contribution in [3.8, 4) is 11.5 Å². The molecule has 0 saturated heterocycles. The minimum Gasteiger partial charge on any atom is -0.504 e. The summed E-state index contributed by atoms with van der Waals surface area (Å²) in [4.78, 5) is 0. The first kappa shape index (κ1) is 18.6. The molecule has 0 amide bonds. The zero-order chi connectivity index (χ0) is 19.1. The third kappa shape index (κ3) is 3.38. The summed E-state index contributed by atoms with van der Waals surface area (Å²) in [6.07, 6.45) is 4.56. The van der Waals surface area contributed by atoms with Crippen LogP contribution in [0.5, 0.6) is 11.5 Å². The van der Waals surface area contributed by atoms with Gasteiger partial charge < -0.3 is 9.84 Å². The topological polar surface area (TPSA) is 29.5 Å². The van der Waals surface area contributed by atoms with Crippen molar-refractivity contribution in [1.29, 1.82) is 0 Å². The summed E-state index contributed by atoms with van der Waals surface area (Å²) in [5.41, 5.74) is 6.80. The van der Waals surface area contributed by atoms with Gasteiger partial charge >= 0.3 is 0 Å². The minimum atomic E-state index is 0.169. The second kappa shape index (κ2) is 6.50. The summed E-state index contributed by atoms with van der Waals surface area (Å²) in [6.45, 7) is 11.5. The summed E-state index contributed by atoms with van der Waals surface area (Å²) in [5, 5.41) is 10.0. The van der Waals surface area contributed by atoms with E-state index in [0.29, 0.717) is 5.75 Å². The number of fused-ring (bicyclic) bond motifs is 1. The van der Waals surface area contributed by atoms with E-state index in [0.717, 1.165) is 5.56 Å². The van der Waals surface area contributed by atoms with Crippen LogP contribution in [-0.2, 0) is 10.8 Å². The monoisotopic (exact) mass is 350 g/mol. The number of hydrogen-bond donors (Lipinski definition) is 1. The summed E-state index contributed by atoms with van der Waals surface area (Å²) < 4.78 is 5.12. The predicted octanol–water partition coefficient (Wildman–Crippen LogP) is 6.31. The molecule has 0 heterocycles. The summed E-state index contributed by atoms with van der Waals surface area (Å²) in [7, 11) is 1.56. The molecule has 0 saturated carbocycles. The normalized spacial score (nSPS) is 18.3. The van der Waals surface area contributed by atoms with Gasteiger partial charge in [0.1, 0.15) is 0 Å². The zero-order valence-electron chi connectivity index (χ0n) is 16.8. The third-order valence-electron chi connectivity index (χ3n) is 5.89. The molecule has 1 N–H and O–H groups in total. The molecule has 138 valence electrons. The molecule has 1 aliphatic carbocycles. The Labute approximate surface area is 157 Å². The maximum absolute atomic E-state index is 10.0. The molecular weight excluding hydrogens is 320 g/mol. The highest BCUT2D eigenvalue weighted by Crippen LogP contribution is 2.46. The molecule has 26 heavy (non-hydrogen) atoms. The number of ether oxygens (including phenoxy) is 1. The molecule has 2 nitrogen and oxygen atoms in total. The Morgan fingerprint density at radius 3 is 2.23 bits per heavy atom. The first-order chi connectivity index (χ1) is 12.1. The van der Waals surface area contributed by atoms with Gasteiger partial charge in [-0.2, -0.15) is 0 Å². The maximum Gasteiger partial charge on any atom is 0.160 e. The van der Waals surface area contributed by atoms with Crippen molar-refractivity contribution in [2.45, 2.75) is 58.3 Å². The highest BCUT2D eigenvalue weighted by molar-refractivity contribution is 5.81. The standard InChI is InChI=1S/C24H30O2/c1-16(13-17-7-10-22(26-6)21(25)14-17)18-8-9-19-20(15-18)24(4,5)12-11-23(19,2)3/h7-10,13-15,25H,11-12H2,1-6H3. The first-order valence-electron chi connectivity index (χ1n) is 9.35. The Kier molecular flexibility index (Phi) is 4.64. The fourth-order valence-electron chi connectivity index (χ4n) is 3.96. The zero-order valence-corrected chi connectivity index (χ0v) is 16.8. The van der Waals surface area contributed by atoms with E-state index in [1.165, 1.54) is 35.1 Å². The number of benzene rings is 2. The van der Waals surface area contributed by atoms with Crippen molar-refractivity contribution >= 4 is 11.6 Å². The smallest absolute Gasteiger partial charge is 0.160 e. The fourth-order valence-corrected chi connectivity index (χ4v) is 3.96. The molecule has 0 aliphatic heterocycles. The average Bonchev–Trinajstić information content (AvgIpc) is 2.59. The van der Waals surface area contributed by atoms with Crippen molar-refractivity contribution in [3.63, 3.8) is 0 Å². The van der Waals surface area contributed by atoms with Gasteiger partial charge in [-0.05, 0) is 70.6 Å². The van der Waals surface area contributed by atoms with Crippen LogP contribution in [0.3, 0.4) is 0 Å². The lowest BCUT2D eigenvalue weighted by Gasteiger charge is -2.42. The van der Waals surface area contributed by atoms with E-state index in [9.17, 15) is 5.11 Å².